The van der Waals surface area contributed by atoms with Crippen LogP contribution >= 0.6 is 11.8 Å². The van der Waals surface area contributed by atoms with Crippen LogP contribution in [0.2, 0.25) is 0 Å². The summed E-state index contributed by atoms with van der Waals surface area (Å²) in [4.78, 5) is 11.7. The van der Waals surface area contributed by atoms with Gasteiger partial charge in [0.1, 0.15) is 5.75 Å². The second-order valence-corrected chi connectivity index (χ2v) is 6.80. The van der Waals surface area contributed by atoms with Crippen molar-refractivity contribution >= 4 is 17.7 Å². The molecular weight excluding hydrogens is 282 g/mol. The highest BCUT2D eigenvalue weighted by Gasteiger charge is 2.14. The van der Waals surface area contributed by atoms with Gasteiger partial charge in [0.2, 0.25) is 5.91 Å². The van der Waals surface area contributed by atoms with Gasteiger partial charge >= 0.3 is 0 Å². The molecule has 1 aliphatic carbocycles. The number of hydrogen-bond acceptors (Lipinski definition) is 3. The minimum absolute atomic E-state index is 0.138. The van der Waals surface area contributed by atoms with E-state index < -0.39 is 0 Å². The van der Waals surface area contributed by atoms with E-state index in [9.17, 15) is 4.79 Å². The molecule has 1 fully saturated rings. The van der Waals surface area contributed by atoms with Gasteiger partial charge in [-0.25, -0.2) is 0 Å². The zero-order valence-corrected chi connectivity index (χ0v) is 13.4. The molecule has 0 radical (unpaired) electrons. The second-order valence-electron chi connectivity index (χ2n) is 5.39. The van der Waals surface area contributed by atoms with Gasteiger partial charge in [0, 0.05) is 24.0 Å². The average Bonchev–Trinajstić information content (AvgIpc) is 3.02. The molecule has 0 saturated heterocycles. The maximum atomic E-state index is 11.7. The molecule has 1 N–H and O–H groups in total. The first kappa shape index (κ1) is 16.2. The third kappa shape index (κ3) is 6.89. The molecule has 4 heteroatoms. The zero-order valence-electron chi connectivity index (χ0n) is 12.6. The van der Waals surface area contributed by atoms with Gasteiger partial charge in [-0.15, -0.1) is 0 Å². The Labute approximate surface area is 131 Å². The highest BCUT2D eigenvalue weighted by atomic mass is 32.2. The van der Waals surface area contributed by atoms with Crippen LogP contribution in [0.15, 0.2) is 30.3 Å². The van der Waals surface area contributed by atoms with E-state index in [4.69, 9.17) is 4.74 Å². The standard InChI is InChI=1S/C17H25NO2S/c19-17(18-12-14-21-16-9-4-5-10-16)11-6-13-20-15-7-2-1-3-8-15/h1-3,7-8,16H,4-6,9-14H2,(H,18,19). The molecule has 0 spiro atoms. The van der Waals surface area contributed by atoms with Gasteiger partial charge in [-0.1, -0.05) is 31.0 Å². The van der Waals surface area contributed by atoms with Crippen molar-refractivity contribution in [1.29, 1.82) is 0 Å². The van der Waals surface area contributed by atoms with Crippen LogP contribution < -0.4 is 10.1 Å². The van der Waals surface area contributed by atoms with Crippen LogP contribution in [0.4, 0.5) is 0 Å². The lowest BCUT2D eigenvalue weighted by Crippen LogP contribution is -2.26. The normalized spacial score (nSPS) is 15.0. The molecular formula is C17H25NO2S. The molecule has 0 heterocycles. The van der Waals surface area contributed by atoms with Crippen molar-refractivity contribution in [1.82, 2.24) is 5.32 Å². The number of carbonyl (C=O) groups excluding carboxylic acids is 1. The summed E-state index contributed by atoms with van der Waals surface area (Å²) in [7, 11) is 0. The van der Waals surface area contributed by atoms with Crippen molar-refractivity contribution in [2.75, 3.05) is 18.9 Å². The quantitative estimate of drug-likeness (QED) is 0.708. The molecule has 0 bridgehead atoms. The minimum atomic E-state index is 0.138. The molecule has 21 heavy (non-hydrogen) atoms. The van der Waals surface area contributed by atoms with Crippen molar-refractivity contribution in [3.63, 3.8) is 0 Å². The fraction of sp³-hybridized carbons (Fsp3) is 0.588. The average molecular weight is 307 g/mol. The predicted molar refractivity (Wildman–Crippen MR) is 88.9 cm³/mol. The van der Waals surface area contributed by atoms with Gasteiger partial charge in [-0.05, 0) is 31.4 Å². The van der Waals surface area contributed by atoms with Crippen molar-refractivity contribution in [3.8, 4) is 5.75 Å². The Morgan fingerprint density at radius 3 is 2.76 bits per heavy atom. The van der Waals surface area contributed by atoms with Crippen LogP contribution in [0.1, 0.15) is 38.5 Å². The Bertz CT molecular complexity index is 405. The third-order valence-corrected chi connectivity index (χ3v) is 5.02. The number of rotatable bonds is 9. The Morgan fingerprint density at radius 2 is 2.00 bits per heavy atom. The number of carbonyl (C=O) groups is 1. The van der Waals surface area contributed by atoms with Gasteiger partial charge in [0.15, 0.2) is 0 Å². The summed E-state index contributed by atoms with van der Waals surface area (Å²) < 4.78 is 5.57. The van der Waals surface area contributed by atoms with Crippen LogP contribution in [0, 0.1) is 0 Å². The fourth-order valence-electron chi connectivity index (χ4n) is 2.50. The van der Waals surface area contributed by atoms with E-state index >= 15 is 0 Å². The minimum Gasteiger partial charge on any atom is -0.494 e. The summed E-state index contributed by atoms with van der Waals surface area (Å²) in [6, 6.07) is 9.72. The first-order chi connectivity index (χ1) is 10.3. The van der Waals surface area contributed by atoms with Crippen LogP contribution in [-0.2, 0) is 4.79 Å². The molecule has 1 aliphatic rings. The van der Waals surface area contributed by atoms with Crippen molar-refractivity contribution in [3.05, 3.63) is 30.3 Å². The van der Waals surface area contributed by atoms with Crippen LogP contribution in [0.25, 0.3) is 0 Å². The molecule has 2 rings (SSSR count). The molecule has 0 aliphatic heterocycles. The highest BCUT2D eigenvalue weighted by Crippen LogP contribution is 2.28. The molecule has 1 saturated carbocycles. The summed E-state index contributed by atoms with van der Waals surface area (Å²) in [5, 5.41) is 3.82. The van der Waals surface area contributed by atoms with Gasteiger partial charge in [-0.3, -0.25) is 4.79 Å². The second kappa shape index (κ2) is 9.72. The van der Waals surface area contributed by atoms with E-state index in [0.717, 1.165) is 29.7 Å². The summed E-state index contributed by atoms with van der Waals surface area (Å²) in [6.45, 7) is 1.38. The first-order valence-corrected chi connectivity index (χ1v) is 8.95. The number of benzene rings is 1. The topological polar surface area (TPSA) is 38.3 Å². The molecule has 0 aromatic heterocycles. The van der Waals surface area contributed by atoms with E-state index in [0.29, 0.717) is 13.0 Å². The maximum absolute atomic E-state index is 11.7. The number of nitrogens with one attached hydrogen (secondary N) is 1. The zero-order chi connectivity index (χ0) is 14.8. The van der Waals surface area contributed by atoms with Crippen molar-refractivity contribution in [2.24, 2.45) is 0 Å². The summed E-state index contributed by atoms with van der Waals surface area (Å²) in [5.74, 6) is 2.04. The molecule has 0 atom stereocenters. The van der Waals surface area contributed by atoms with E-state index in [-0.39, 0.29) is 5.91 Å². The third-order valence-electron chi connectivity index (χ3n) is 3.64. The van der Waals surface area contributed by atoms with E-state index in [1.165, 1.54) is 25.7 Å². The van der Waals surface area contributed by atoms with E-state index in [2.05, 4.69) is 5.32 Å². The predicted octanol–water partition coefficient (Wildman–Crippen LogP) is 3.64. The van der Waals surface area contributed by atoms with Gasteiger partial charge in [-0.2, -0.15) is 11.8 Å². The monoisotopic (exact) mass is 307 g/mol. The molecule has 3 nitrogen and oxygen atoms in total. The summed E-state index contributed by atoms with van der Waals surface area (Å²) >= 11 is 2.01. The van der Waals surface area contributed by atoms with E-state index in [1.54, 1.807) is 0 Å². The van der Waals surface area contributed by atoms with Crippen LogP contribution in [0.5, 0.6) is 5.75 Å². The first-order valence-electron chi connectivity index (χ1n) is 7.91. The Morgan fingerprint density at radius 1 is 1.24 bits per heavy atom. The van der Waals surface area contributed by atoms with Gasteiger partial charge in [0.25, 0.3) is 0 Å². The van der Waals surface area contributed by atoms with Crippen molar-refractivity contribution in [2.45, 2.75) is 43.8 Å². The summed E-state index contributed by atoms with van der Waals surface area (Å²) in [5.41, 5.74) is 0. The lowest BCUT2D eigenvalue weighted by molar-refractivity contribution is -0.121. The molecule has 1 aromatic carbocycles. The number of hydrogen-bond donors (Lipinski definition) is 1. The van der Waals surface area contributed by atoms with Gasteiger partial charge < -0.3 is 10.1 Å². The number of para-hydroxylation sites is 1. The number of amides is 1. The number of thioether (sulfide) groups is 1. The Kier molecular flexibility index (Phi) is 7.50. The highest BCUT2D eigenvalue weighted by molar-refractivity contribution is 7.99. The summed E-state index contributed by atoms with van der Waals surface area (Å²) in [6.07, 6.45) is 6.78. The van der Waals surface area contributed by atoms with Crippen LogP contribution in [-0.4, -0.2) is 30.1 Å². The van der Waals surface area contributed by atoms with E-state index in [1.807, 2.05) is 42.1 Å². The smallest absolute Gasteiger partial charge is 0.220 e. The molecule has 0 unspecified atom stereocenters. The molecule has 1 amide bonds. The number of ether oxygens (including phenoxy) is 1. The largest absolute Gasteiger partial charge is 0.494 e. The molecule has 116 valence electrons. The van der Waals surface area contributed by atoms with Crippen LogP contribution in [0.3, 0.4) is 0 Å². The molecule has 1 aromatic rings. The maximum Gasteiger partial charge on any atom is 0.220 e. The SMILES string of the molecule is O=C(CCCOc1ccccc1)NCCSC1CCCC1. The Hall–Kier alpha value is -1.16. The Balaban J connectivity index is 1.44. The fourth-order valence-corrected chi connectivity index (χ4v) is 3.72. The lowest BCUT2D eigenvalue weighted by Gasteiger charge is -2.09. The van der Waals surface area contributed by atoms with Crippen molar-refractivity contribution < 1.29 is 9.53 Å². The van der Waals surface area contributed by atoms with Gasteiger partial charge in [0.05, 0.1) is 6.61 Å². The lowest BCUT2D eigenvalue weighted by atomic mass is 10.3.